The number of nitrogens with one attached hydrogen (secondary N) is 2. The zero-order valence-corrected chi connectivity index (χ0v) is 15.0. The first kappa shape index (κ1) is 17.9. The Hall–Kier alpha value is -2.49. The number of rotatable bonds is 4. The van der Waals surface area contributed by atoms with E-state index < -0.39 is 11.7 Å². The van der Waals surface area contributed by atoms with Gasteiger partial charge in [0.05, 0.1) is 0 Å². The Morgan fingerprint density at radius 1 is 1.04 bits per heavy atom. The van der Waals surface area contributed by atoms with Crippen LogP contribution in [0, 0.1) is 6.92 Å². The minimum Gasteiger partial charge on any atom is -0.444 e. The van der Waals surface area contributed by atoms with E-state index in [2.05, 4.69) is 48.7 Å². The summed E-state index contributed by atoms with van der Waals surface area (Å²) in [5, 5.41) is 6.21. The second kappa shape index (κ2) is 7.39. The third kappa shape index (κ3) is 5.61. The topological polar surface area (TPSA) is 50.4 Å². The molecular formula is C20H26N2O2. The molecule has 0 bridgehead atoms. The van der Waals surface area contributed by atoms with Gasteiger partial charge in [-0.1, -0.05) is 35.9 Å². The van der Waals surface area contributed by atoms with Crippen molar-refractivity contribution in [2.75, 3.05) is 10.6 Å². The van der Waals surface area contributed by atoms with E-state index in [0.29, 0.717) is 5.69 Å². The number of ether oxygens (including phenoxy) is 1. The zero-order chi connectivity index (χ0) is 17.7. The van der Waals surface area contributed by atoms with E-state index in [4.69, 9.17) is 4.74 Å². The zero-order valence-electron chi connectivity index (χ0n) is 15.0. The number of carbonyl (C=O) groups is 1. The van der Waals surface area contributed by atoms with Gasteiger partial charge in [0, 0.05) is 17.4 Å². The van der Waals surface area contributed by atoms with Crippen LogP contribution in [0.3, 0.4) is 0 Å². The number of aryl methyl sites for hydroxylation is 1. The summed E-state index contributed by atoms with van der Waals surface area (Å²) >= 11 is 0. The van der Waals surface area contributed by atoms with E-state index in [1.807, 2.05) is 45.0 Å². The van der Waals surface area contributed by atoms with Crippen LogP contribution in [0.4, 0.5) is 16.2 Å². The lowest BCUT2D eigenvalue weighted by Crippen LogP contribution is -2.27. The highest BCUT2D eigenvalue weighted by atomic mass is 16.6. The predicted molar refractivity (Wildman–Crippen MR) is 99.5 cm³/mol. The summed E-state index contributed by atoms with van der Waals surface area (Å²) < 4.78 is 5.27. The molecule has 24 heavy (non-hydrogen) atoms. The summed E-state index contributed by atoms with van der Waals surface area (Å²) in [6.07, 6.45) is -0.453. The predicted octanol–water partition coefficient (Wildman–Crippen LogP) is 5.52. The molecule has 2 aromatic rings. The van der Waals surface area contributed by atoms with Gasteiger partial charge in [0.1, 0.15) is 5.60 Å². The SMILES string of the molecule is Cc1ccc(C(C)Nc2cccc(NC(=O)OC(C)(C)C)c2)cc1. The van der Waals surface area contributed by atoms with Crippen molar-refractivity contribution in [3.05, 3.63) is 59.7 Å². The van der Waals surface area contributed by atoms with Crippen LogP contribution in [0.2, 0.25) is 0 Å². The second-order valence-electron chi connectivity index (χ2n) is 6.98. The molecule has 0 radical (unpaired) electrons. The molecule has 0 heterocycles. The number of anilines is 2. The van der Waals surface area contributed by atoms with Gasteiger partial charge in [-0.15, -0.1) is 0 Å². The molecule has 0 aliphatic rings. The van der Waals surface area contributed by atoms with E-state index >= 15 is 0 Å². The van der Waals surface area contributed by atoms with Crippen LogP contribution in [0.25, 0.3) is 0 Å². The number of carbonyl (C=O) groups excluding carboxylic acids is 1. The molecule has 4 nitrogen and oxygen atoms in total. The molecular weight excluding hydrogens is 300 g/mol. The Morgan fingerprint density at radius 2 is 1.67 bits per heavy atom. The Bertz CT molecular complexity index is 688. The van der Waals surface area contributed by atoms with Gasteiger partial charge >= 0.3 is 6.09 Å². The fourth-order valence-electron chi connectivity index (χ4n) is 2.30. The molecule has 0 aromatic heterocycles. The summed E-state index contributed by atoms with van der Waals surface area (Å²) in [6, 6.07) is 16.2. The Balaban J connectivity index is 2.02. The number of hydrogen-bond donors (Lipinski definition) is 2. The number of amides is 1. The lowest BCUT2D eigenvalue weighted by Gasteiger charge is -2.20. The van der Waals surface area contributed by atoms with Crippen molar-refractivity contribution in [1.82, 2.24) is 0 Å². The first-order chi connectivity index (χ1) is 11.2. The van der Waals surface area contributed by atoms with Gasteiger partial charge in [0.2, 0.25) is 0 Å². The van der Waals surface area contributed by atoms with Gasteiger partial charge in [-0.2, -0.15) is 0 Å². The average Bonchev–Trinajstić information content (AvgIpc) is 2.46. The van der Waals surface area contributed by atoms with Gasteiger partial charge in [-0.25, -0.2) is 4.79 Å². The molecule has 4 heteroatoms. The van der Waals surface area contributed by atoms with E-state index in [1.54, 1.807) is 0 Å². The fourth-order valence-corrected chi connectivity index (χ4v) is 2.30. The first-order valence-corrected chi connectivity index (χ1v) is 8.16. The van der Waals surface area contributed by atoms with Gasteiger partial charge in [-0.05, 0) is 58.4 Å². The normalized spacial score (nSPS) is 12.4. The van der Waals surface area contributed by atoms with Gasteiger partial charge in [0.15, 0.2) is 0 Å². The van der Waals surface area contributed by atoms with Crippen molar-refractivity contribution in [2.45, 2.75) is 46.3 Å². The van der Waals surface area contributed by atoms with Crippen molar-refractivity contribution < 1.29 is 9.53 Å². The van der Waals surface area contributed by atoms with Gasteiger partial charge in [0.25, 0.3) is 0 Å². The second-order valence-corrected chi connectivity index (χ2v) is 6.98. The lowest BCUT2D eigenvalue weighted by atomic mass is 10.1. The molecule has 1 unspecified atom stereocenters. The van der Waals surface area contributed by atoms with E-state index in [1.165, 1.54) is 11.1 Å². The van der Waals surface area contributed by atoms with Crippen LogP contribution in [-0.2, 0) is 4.74 Å². The summed E-state index contributed by atoms with van der Waals surface area (Å²) in [7, 11) is 0. The minimum absolute atomic E-state index is 0.169. The molecule has 1 atom stereocenters. The summed E-state index contributed by atoms with van der Waals surface area (Å²) in [5.74, 6) is 0. The largest absolute Gasteiger partial charge is 0.444 e. The number of benzene rings is 2. The van der Waals surface area contributed by atoms with Crippen molar-refractivity contribution in [3.63, 3.8) is 0 Å². The monoisotopic (exact) mass is 326 g/mol. The van der Waals surface area contributed by atoms with Crippen LogP contribution in [0.15, 0.2) is 48.5 Å². The van der Waals surface area contributed by atoms with Crippen molar-refractivity contribution in [2.24, 2.45) is 0 Å². The molecule has 0 spiro atoms. The highest BCUT2D eigenvalue weighted by molar-refractivity contribution is 5.85. The summed E-state index contributed by atoms with van der Waals surface area (Å²) in [5.41, 5.74) is 3.59. The maximum absolute atomic E-state index is 11.9. The van der Waals surface area contributed by atoms with Crippen molar-refractivity contribution in [1.29, 1.82) is 0 Å². The van der Waals surface area contributed by atoms with Crippen molar-refractivity contribution in [3.8, 4) is 0 Å². The minimum atomic E-state index is -0.514. The van der Waals surface area contributed by atoms with E-state index in [0.717, 1.165) is 5.69 Å². The number of hydrogen-bond acceptors (Lipinski definition) is 3. The quantitative estimate of drug-likeness (QED) is 0.778. The van der Waals surface area contributed by atoms with Crippen LogP contribution in [0.1, 0.15) is 44.9 Å². The average molecular weight is 326 g/mol. The molecule has 2 N–H and O–H groups in total. The third-order valence-electron chi connectivity index (χ3n) is 3.47. The molecule has 128 valence electrons. The Labute approximate surface area is 144 Å². The lowest BCUT2D eigenvalue weighted by molar-refractivity contribution is 0.0636. The standard InChI is InChI=1S/C20H26N2O2/c1-14-9-11-16(12-10-14)15(2)21-17-7-6-8-18(13-17)22-19(23)24-20(3,4)5/h6-13,15,21H,1-5H3,(H,22,23). The van der Waals surface area contributed by atoms with Crippen LogP contribution in [0.5, 0.6) is 0 Å². The maximum atomic E-state index is 11.9. The van der Waals surface area contributed by atoms with Gasteiger partial charge < -0.3 is 10.1 Å². The molecule has 0 aliphatic carbocycles. The molecule has 0 aliphatic heterocycles. The maximum Gasteiger partial charge on any atom is 0.412 e. The summed E-state index contributed by atoms with van der Waals surface area (Å²) in [6.45, 7) is 9.71. The summed E-state index contributed by atoms with van der Waals surface area (Å²) in [4.78, 5) is 11.9. The van der Waals surface area contributed by atoms with E-state index in [9.17, 15) is 4.79 Å². The van der Waals surface area contributed by atoms with Crippen LogP contribution >= 0.6 is 0 Å². The first-order valence-electron chi connectivity index (χ1n) is 8.16. The molecule has 2 aromatic carbocycles. The Morgan fingerprint density at radius 3 is 2.29 bits per heavy atom. The van der Waals surface area contributed by atoms with E-state index in [-0.39, 0.29) is 6.04 Å². The molecule has 0 saturated carbocycles. The van der Waals surface area contributed by atoms with Crippen LogP contribution in [-0.4, -0.2) is 11.7 Å². The molecule has 2 rings (SSSR count). The van der Waals surface area contributed by atoms with Gasteiger partial charge in [-0.3, -0.25) is 5.32 Å². The van der Waals surface area contributed by atoms with Crippen LogP contribution < -0.4 is 10.6 Å². The highest BCUT2D eigenvalue weighted by Crippen LogP contribution is 2.22. The fraction of sp³-hybridized carbons (Fsp3) is 0.350. The molecule has 0 fully saturated rings. The molecule has 0 saturated heterocycles. The molecule has 1 amide bonds. The highest BCUT2D eigenvalue weighted by Gasteiger charge is 2.16. The third-order valence-corrected chi connectivity index (χ3v) is 3.47. The Kier molecular flexibility index (Phi) is 5.50. The van der Waals surface area contributed by atoms with Crippen molar-refractivity contribution >= 4 is 17.5 Å². The smallest absolute Gasteiger partial charge is 0.412 e.